The molecule has 2 aliphatic rings. The van der Waals surface area contributed by atoms with Crippen molar-refractivity contribution in [2.24, 2.45) is 5.92 Å². The van der Waals surface area contributed by atoms with E-state index in [1.54, 1.807) is 12.1 Å². The smallest absolute Gasteiger partial charge is 0.325 e. The first-order valence-electron chi connectivity index (χ1n) is 12.2. The average molecular weight is 525 g/mol. The molecule has 190 valence electrons. The van der Waals surface area contributed by atoms with Gasteiger partial charge in [-0.1, -0.05) is 54.6 Å². The average Bonchev–Trinajstić information content (AvgIpc) is 3.60. The van der Waals surface area contributed by atoms with Crippen LogP contribution in [0.2, 0.25) is 5.02 Å². The van der Waals surface area contributed by atoms with Crippen LogP contribution in [0.25, 0.3) is 11.1 Å². The van der Waals surface area contributed by atoms with Gasteiger partial charge in [-0.05, 0) is 85.7 Å². The molecule has 36 heavy (non-hydrogen) atoms. The minimum atomic E-state index is -1.68. The topological polar surface area (TPSA) is 69.6 Å². The van der Waals surface area contributed by atoms with Gasteiger partial charge < -0.3 is 5.11 Å². The zero-order chi connectivity index (χ0) is 26.0. The molecule has 1 saturated carbocycles. The van der Waals surface area contributed by atoms with Crippen LogP contribution < -0.4 is 4.72 Å². The number of halogens is 1. The summed E-state index contributed by atoms with van der Waals surface area (Å²) in [5, 5.41) is 10.7. The number of nitrogens with one attached hydrogen (secondary N) is 1. The Hall–Kier alpha value is -2.51. The molecule has 2 aromatic carbocycles. The number of hydrogen-bond acceptors (Lipinski definition) is 3. The van der Waals surface area contributed by atoms with Gasteiger partial charge in [-0.15, -0.1) is 0 Å². The van der Waals surface area contributed by atoms with E-state index in [1.807, 2.05) is 49.4 Å². The number of aliphatic carboxylic acids is 1. The van der Waals surface area contributed by atoms with E-state index in [-0.39, 0.29) is 5.92 Å². The predicted octanol–water partition coefficient (Wildman–Crippen LogP) is 6.01. The summed E-state index contributed by atoms with van der Waals surface area (Å²) in [6, 6.07) is 15.2. The van der Waals surface area contributed by atoms with Gasteiger partial charge in [-0.25, -0.2) is 8.93 Å². The summed E-state index contributed by atoms with van der Waals surface area (Å²) in [4.78, 5) is 15.2. The van der Waals surface area contributed by atoms with Crippen molar-refractivity contribution in [3.8, 4) is 11.1 Å². The molecule has 1 aliphatic heterocycles. The van der Waals surface area contributed by atoms with Crippen molar-refractivity contribution in [2.45, 2.75) is 50.1 Å². The van der Waals surface area contributed by atoms with Gasteiger partial charge in [0.05, 0.1) is 4.90 Å². The van der Waals surface area contributed by atoms with Crippen molar-refractivity contribution in [1.82, 2.24) is 9.62 Å². The molecule has 1 saturated heterocycles. The number of carboxylic acid groups (broad SMARTS) is 1. The number of likely N-dealkylation sites (tertiary alicyclic amines) is 1. The molecule has 3 unspecified atom stereocenters. The number of benzene rings is 2. The fraction of sp³-hybridized carbons (Fsp3) is 0.345. The monoisotopic (exact) mass is 524 g/mol. The van der Waals surface area contributed by atoms with Crippen LogP contribution in [-0.2, 0) is 15.8 Å². The van der Waals surface area contributed by atoms with Gasteiger partial charge in [-0.3, -0.25) is 9.69 Å². The molecule has 1 heterocycles. The zero-order valence-electron chi connectivity index (χ0n) is 21.0. The standard InChI is InChI=1S/C29H33ClN2O3S/c1-5-21-14-15-32(19(2)3)18-24(21)16-20(4)27-17-29(27,28(33)34)31-36(35)26-12-8-23(9-13-26)22-6-10-25(30)11-7-22/h5-13,16,19,27,31H,4,14-15,17-18H2,1-3H3,(H,33,34)/b21-5-,24-16-. The molecule has 1 aliphatic carbocycles. The fourth-order valence-corrected chi connectivity index (χ4v) is 6.07. The van der Waals surface area contributed by atoms with Gasteiger partial charge in [0.15, 0.2) is 0 Å². The molecule has 7 heteroatoms. The summed E-state index contributed by atoms with van der Waals surface area (Å²) >= 11 is 5.97. The molecule has 0 radical (unpaired) electrons. The van der Waals surface area contributed by atoms with Crippen molar-refractivity contribution in [3.05, 3.63) is 89.0 Å². The highest BCUT2D eigenvalue weighted by molar-refractivity contribution is 7.83. The highest BCUT2D eigenvalue weighted by Gasteiger charge is 2.62. The number of nitrogens with zero attached hydrogens (tertiary/aromatic N) is 1. The Morgan fingerprint density at radius 2 is 1.78 bits per heavy atom. The van der Waals surface area contributed by atoms with Crippen LogP contribution in [0.4, 0.5) is 0 Å². The lowest BCUT2D eigenvalue weighted by atomic mass is 9.93. The summed E-state index contributed by atoms with van der Waals surface area (Å²) in [7, 11) is -1.68. The number of rotatable bonds is 8. The maximum Gasteiger partial charge on any atom is 0.325 e. The van der Waals surface area contributed by atoms with Crippen molar-refractivity contribution in [1.29, 1.82) is 0 Å². The first kappa shape index (κ1) is 26.6. The van der Waals surface area contributed by atoms with E-state index in [4.69, 9.17) is 11.6 Å². The number of allylic oxidation sites excluding steroid dienone is 2. The van der Waals surface area contributed by atoms with Crippen LogP contribution in [-0.4, -0.2) is 44.9 Å². The molecule has 3 atom stereocenters. The number of piperidine rings is 1. The Bertz CT molecular complexity index is 1230. The van der Waals surface area contributed by atoms with Crippen LogP contribution in [0, 0.1) is 5.92 Å². The van der Waals surface area contributed by atoms with Gasteiger partial charge in [0.2, 0.25) is 0 Å². The first-order valence-corrected chi connectivity index (χ1v) is 13.8. The molecular formula is C29H33ClN2O3S. The van der Waals surface area contributed by atoms with E-state index >= 15 is 0 Å². The van der Waals surface area contributed by atoms with Gasteiger partial charge in [0.1, 0.15) is 16.5 Å². The van der Waals surface area contributed by atoms with E-state index in [2.05, 4.69) is 36.1 Å². The van der Waals surface area contributed by atoms with E-state index in [9.17, 15) is 14.1 Å². The third-order valence-electron chi connectivity index (χ3n) is 7.20. The summed E-state index contributed by atoms with van der Waals surface area (Å²) in [6.45, 7) is 12.5. The van der Waals surface area contributed by atoms with Crippen LogP contribution in [0.15, 0.2) is 88.9 Å². The summed E-state index contributed by atoms with van der Waals surface area (Å²) in [5.74, 6) is -1.32. The van der Waals surface area contributed by atoms with Gasteiger partial charge in [-0.2, -0.15) is 0 Å². The van der Waals surface area contributed by atoms with Crippen molar-refractivity contribution in [3.63, 3.8) is 0 Å². The first-order chi connectivity index (χ1) is 17.1. The Morgan fingerprint density at radius 1 is 1.17 bits per heavy atom. The molecule has 5 nitrogen and oxygen atoms in total. The van der Waals surface area contributed by atoms with Gasteiger partial charge in [0, 0.05) is 30.1 Å². The minimum Gasteiger partial charge on any atom is -0.480 e. The maximum absolute atomic E-state index is 13.1. The molecule has 0 amide bonds. The largest absolute Gasteiger partial charge is 0.480 e. The fourth-order valence-electron chi connectivity index (χ4n) is 4.80. The zero-order valence-corrected chi connectivity index (χ0v) is 22.5. The molecule has 4 rings (SSSR count). The second kappa shape index (κ2) is 10.9. The van der Waals surface area contributed by atoms with E-state index in [0.29, 0.717) is 22.4 Å². The third kappa shape index (κ3) is 5.57. The molecule has 2 N–H and O–H groups in total. The highest BCUT2D eigenvalue weighted by Crippen LogP contribution is 2.49. The van der Waals surface area contributed by atoms with E-state index < -0.39 is 22.5 Å². The summed E-state index contributed by atoms with van der Waals surface area (Å²) < 4.78 is 16.0. The maximum atomic E-state index is 13.1. The molecule has 2 aromatic rings. The Balaban J connectivity index is 1.48. The lowest BCUT2D eigenvalue weighted by Gasteiger charge is -2.33. The Morgan fingerprint density at radius 3 is 2.33 bits per heavy atom. The van der Waals surface area contributed by atoms with E-state index in [0.717, 1.165) is 36.2 Å². The molecule has 0 spiro atoms. The van der Waals surface area contributed by atoms with Gasteiger partial charge >= 0.3 is 5.97 Å². The number of hydrogen-bond donors (Lipinski definition) is 2. The predicted molar refractivity (Wildman–Crippen MR) is 147 cm³/mol. The van der Waals surface area contributed by atoms with Crippen molar-refractivity contribution < 1.29 is 14.1 Å². The summed E-state index contributed by atoms with van der Waals surface area (Å²) in [5.41, 5.74) is 3.92. The molecule has 2 fully saturated rings. The SMILES string of the molecule is C=C(/C=C1/CN(C(C)C)CC/C1=C/C)C1CC1(NS(=O)c1ccc(-c2ccc(Cl)cc2)cc1)C(=O)O. The number of carbonyl (C=O) groups is 1. The quantitative estimate of drug-likeness (QED) is 0.444. The lowest BCUT2D eigenvalue weighted by molar-refractivity contribution is -0.140. The minimum absolute atomic E-state index is 0.313. The third-order valence-corrected chi connectivity index (χ3v) is 8.71. The Labute approximate surface area is 221 Å². The second-order valence-corrected chi connectivity index (χ2v) is 11.5. The normalized spacial score (nSPS) is 25.3. The molecule has 0 aromatic heterocycles. The molecular weight excluding hydrogens is 492 g/mol. The van der Waals surface area contributed by atoms with Crippen LogP contribution in [0.1, 0.15) is 33.6 Å². The Kier molecular flexibility index (Phi) is 8.00. The van der Waals surface area contributed by atoms with Gasteiger partial charge in [0.25, 0.3) is 0 Å². The molecule has 0 bridgehead atoms. The lowest BCUT2D eigenvalue weighted by Crippen LogP contribution is -2.42. The highest BCUT2D eigenvalue weighted by atomic mass is 35.5. The number of carboxylic acids is 1. The summed E-state index contributed by atoms with van der Waals surface area (Å²) in [6.07, 6.45) is 5.51. The van der Waals surface area contributed by atoms with Crippen LogP contribution in [0.3, 0.4) is 0 Å². The van der Waals surface area contributed by atoms with Crippen molar-refractivity contribution >= 4 is 28.6 Å². The second-order valence-electron chi connectivity index (χ2n) is 9.81. The van der Waals surface area contributed by atoms with E-state index in [1.165, 1.54) is 11.1 Å². The van der Waals surface area contributed by atoms with Crippen LogP contribution >= 0.6 is 11.6 Å². The van der Waals surface area contributed by atoms with Crippen LogP contribution in [0.5, 0.6) is 0 Å². The van der Waals surface area contributed by atoms with Crippen molar-refractivity contribution in [2.75, 3.05) is 13.1 Å².